The van der Waals surface area contributed by atoms with Crippen LogP contribution in [-0.4, -0.2) is 60.2 Å². The Hall–Kier alpha value is -0.433. The fourth-order valence-electron chi connectivity index (χ4n) is 2.76. The standard InChI is InChI=1S/C14H27NO4Si/c1-14(2,3)20(4,5)19-13-9-6-7-11(17)15(9)8-10(16)12(13)18/h9-10,12-13,16,18H,6-8H2,1-5H3/t9-,10+,12+,13+/m1/s1. The lowest BCUT2D eigenvalue weighted by molar-refractivity contribution is -0.149. The van der Waals surface area contributed by atoms with Gasteiger partial charge in [0.2, 0.25) is 5.91 Å². The lowest BCUT2D eigenvalue weighted by Gasteiger charge is -2.47. The summed E-state index contributed by atoms with van der Waals surface area (Å²) < 4.78 is 6.32. The molecule has 0 bridgehead atoms. The van der Waals surface area contributed by atoms with Gasteiger partial charge in [-0.2, -0.15) is 0 Å². The molecule has 2 heterocycles. The van der Waals surface area contributed by atoms with Gasteiger partial charge in [0, 0.05) is 13.0 Å². The second-order valence-electron chi connectivity index (χ2n) is 7.55. The summed E-state index contributed by atoms with van der Waals surface area (Å²) >= 11 is 0. The molecule has 4 atom stereocenters. The van der Waals surface area contributed by atoms with Crippen molar-refractivity contribution < 1.29 is 19.4 Å². The molecule has 2 aliphatic heterocycles. The van der Waals surface area contributed by atoms with Crippen molar-refractivity contribution in [1.82, 2.24) is 4.90 Å². The minimum absolute atomic E-state index is 0.0303. The van der Waals surface area contributed by atoms with Crippen LogP contribution in [0.25, 0.3) is 0 Å². The molecule has 0 aliphatic carbocycles. The maximum atomic E-state index is 11.9. The topological polar surface area (TPSA) is 70.0 Å². The zero-order valence-electron chi connectivity index (χ0n) is 13.1. The highest BCUT2D eigenvalue weighted by molar-refractivity contribution is 6.74. The third-order valence-corrected chi connectivity index (χ3v) is 9.58. The van der Waals surface area contributed by atoms with E-state index in [0.717, 1.165) is 0 Å². The van der Waals surface area contributed by atoms with E-state index in [1.165, 1.54) is 0 Å². The zero-order valence-corrected chi connectivity index (χ0v) is 14.1. The van der Waals surface area contributed by atoms with E-state index in [9.17, 15) is 15.0 Å². The van der Waals surface area contributed by atoms with Gasteiger partial charge < -0.3 is 19.5 Å². The van der Waals surface area contributed by atoms with Gasteiger partial charge in [0.25, 0.3) is 0 Å². The fraction of sp³-hybridized carbons (Fsp3) is 0.929. The van der Waals surface area contributed by atoms with Gasteiger partial charge in [-0.1, -0.05) is 20.8 Å². The number of hydrogen-bond acceptors (Lipinski definition) is 4. The molecule has 1 amide bonds. The molecule has 0 saturated carbocycles. The first-order valence-corrected chi connectivity index (χ1v) is 10.3. The molecule has 2 aliphatic rings. The van der Waals surface area contributed by atoms with Gasteiger partial charge in [-0.25, -0.2) is 0 Å². The number of carbonyl (C=O) groups excluding carboxylic acids is 1. The highest BCUT2D eigenvalue weighted by Gasteiger charge is 2.51. The van der Waals surface area contributed by atoms with E-state index in [4.69, 9.17) is 4.43 Å². The molecule has 2 N–H and O–H groups in total. The molecule has 0 aromatic carbocycles. The Labute approximate surface area is 122 Å². The summed E-state index contributed by atoms with van der Waals surface area (Å²) in [6.07, 6.45) is -1.09. The van der Waals surface area contributed by atoms with Crippen LogP contribution in [0, 0.1) is 0 Å². The molecule has 20 heavy (non-hydrogen) atoms. The molecular weight excluding hydrogens is 274 g/mol. The molecular formula is C14H27NO4Si. The zero-order chi connectivity index (χ0) is 15.3. The number of rotatable bonds is 2. The van der Waals surface area contributed by atoms with Gasteiger partial charge in [-0.05, 0) is 24.6 Å². The van der Waals surface area contributed by atoms with Crippen molar-refractivity contribution in [2.45, 2.75) is 76.1 Å². The maximum absolute atomic E-state index is 11.9. The Morgan fingerprint density at radius 3 is 2.45 bits per heavy atom. The van der Waals surface area contributed by atoms with Gasteiger partial charge in [-0.15, -0.1) is 0 Å². The quantitative estimate of drug-likeness (QED) is 0.750. The van der Waals surface area contributed by atoms with E-state index >= 15 is 0 Å². The van der Waals surface area contributed by atoms with Crippen LogP contribution in [-0.2, 0) is 9.22 Å². The van der Waals surface area contributed by atoms with Gasteiger partial charge in [0.1, 0.15) is 6.10 Å². The molecule has 2 fully saturated rings. The minimum Gasteiger partial charge on any atom is -0.409 e. The Morgan fingerprint density at radius 1 is 1.30 bits per heavy atom. The summed E-state index contributed by atoms with van der Waals surface area (Å²) in [5.74, 6) is 0.0600. The highest BCUT2D eigenvalue weighted by Crippen LogP contribution is 2.40. The predicted molar refractivity (Wildman–Crippen MR) is 78.8 cm³/mol. The van der Waals surface area contributed by atoms with Crippen LogP contribution in [0.3, 0.4) is 0 Å². The SMILES string of the molecule is CC(C)(C)[Si](C)(C)O[C@@H]1[C@@H](O)[C@@H](O)CN2C(=O)CC[C@H]12. The van der Waals surface area contributed by atoms with Crippen LogP contribution in [0.15, 0.2) is 0 Å². The summed E-state index contributed by atoms with van der Waals surface area (Å²) in [6.45, 7) is 10.9. The van der Waals surface area contributed by atoms with E-state index < -0.39 is 26.6 Å². The highest BCUT2D eigenvalue weighted by atomic mass is 28.4. The number of fused-ring (bicyclic) bond motifs is 1. The third-order valence-electron chi connectivity index (χ3n) is 5.11. The number of aliphatic hydroxyl groups is 2. The van der Waals surface area contributed by atoms with Gasteiger partial charge in [0.15, 0.2) is 8.32 Å². The summed E-state index contributed by atoms with van der Waals surface area (Å²) in [4.78, 5) is 13.5. The Balaban J connectivity index is 2.22. The third kappa shape index (κ3) is 2.66. The normalized spacial score (nSPS) is 35.4. The first-order chi connectivity index (χ1) is 9.04. The van der Waals surface area contributed by atoms with Crippen molar-refractivity contribution in [3.05, 3.63) is 0 Å². The summed E-state index contributed by atoms with van der Waals surface area (Å²) in [7, 11) is -2.05. The number of aliphatic hydroxyl groups excluding tert-OH is 2. The number of hydrogen-bond donors (Lipinski definition) is 2. The molecule has 0 aromatic heterocycles. The van der Waals surface area contributed by atoms with Crippen molar-refractivity contribution >= 4 is 14.2 Å². The lowest BCUT2D eigenvalue weighted by Crippen LogP contribution is -2.63. The summed E-state index contributed by atoms with van der Waals surface area (Å²) in [5, 5.41) is 20.3. The smallest absolute Gasteiger partial charge is 0.223 e. The Kier molecular flexibility index (Phi) is 4.05. The number of carbonyl (C=O) groups is 1. The van der Waals surface area contributed by atoms with E-state index in [-0.39, 0.29) is 23.5 Å². The average Bonchev–Trinajstić information content (AvgIpc) is 2.65. The molecule has 5 nitrogen and oxygen atoms in total. The first-order valence-electron chi connectivity index (χ1n) is 7.38. The van der Waals surface area contributed by atoms with E-state index in [0.29, 0.717) is 12.8 Å². The Bertz CT molecular complexity index is 393. The van der Waals surface area contributed by atoms with Gasteiger partial charge >= 0.3 is 0 Å². The van der Waals surface area contributed by atoms with Crippen LogP contribution in [0.2, 0.25) is 18.1 Å². The second kappa shape index (κ2) is 5.09. The molecule has 0 radical (unpaired) electrons. The Morgan fingerprint density at radius 2 is 1.90 bits per heavy atom. The second-order valence-corrected chi connectivity index (χ2v) is 12.3. The molecule has 2 rings (SSSR count). The largest absolute Gasteiger partial charge is 0.409 e. The number of amides is 1. The van der Waals surface area contributed by atoms with Crippen LogP contribution in [0.1, 0.15) is 33.6 Å². The summed E-state index contributed by atoms with van der Waals surface area (Å²) in [6, 6.07) is -0.0879. The van der Waals surface area contributed by atoms with Gasteiger partial charge in [-0.3, -0.25) is 4.79 Å². The monoisotopic (exact) mass is 301 g/mol. The minimum atomic E-state index is -2.05. The van der Waals surface area contributed by atoms with Crippen molar-refractivity contribution in [3.63, 3.8) is 0 Å². The summed E-state index contributed by atoms with van der Waals surface area (Å²) in [5.41, 5.74) is 0. The molecule has 6 heteroatoms. The molecule has 0 unspecified atom stereocenters. The van der Waals surface area contributed by atoms with E-state index in [1.54, 1.807) is 4.90 Å². The molecule has 116 valence electrons. The first kappa shape index (κ1) is 15.9. The number of nitrogens with zero attached hydrogens (tertiary/aromatic N) is 1. The van der Waals surface area contributed by atoms with E-state index in [1.807, 2.05) is 0 Å². The van der Waals surface area contributed by atoms with Gasteiger partial charge in [0.05, 0.1) is 18.2 Å². The number of piperidine rings is 1. The van der Waals surface area contributed by atoms with Crippen LogP contribution < -0.4 is 0 Å². The van der Waals surface area contributed by atoms with Crippen LogP contribution >= 0.6 is 0 Å². The molecule has 0 spiro atoms. The van der Waals surface area contributed by atoms with E-state index in [2.05, 4.69) is 33.9 Å². The van der Waals surface area contributed by atoms with Crippen molar-refractivity contribution in [1.29, 1.82) is 0 Å². The maximum Gasteiger partial charge on any atom is 0.223 e. The van der Waals surface area contributed by atoms with Crippen LogP contribution in [0.5, 0.6) is 0 Å². The molecule has 2 saturated heterocycles. The van der Waals surface area contributed by atoms with Crippen molar-refractivity contribution in [2.75, 3.05) is 6.54 Å². The molecule has 0 aromatic rings. The fourth-order valence-corrected chi connectivity index (χ4v) is 4.09. The van der Waals surface area contributed by atoms with Crippen molar-refractivity contribution in [3.8, 4) is 0 Å². The lowest BCUT2D eigenvalue weighted by atomic mass is 9.94. The van der Waals surface area contributed by atoms with Crippen LogP contribution in [0.4, 0.5) is 0 Å². The van der Waals surface area contributed by atoms with Crippen molar-refractivity contribution in [2.24, 2.45) is 0 Å². The average molecular weight is 301 g/mol. The predicted octanol–water partition coefficient (Wildman–Crippen LogP) is 1.10.